The van der Waals surface area contributed by atoms with Crippen molar-refractivity contribution >= 4 is 12.0 Å². The van der Waals surface area contributed by atoms with Gasteiger partial charge in [-0.15, -0.1) is 0 Å². The fourth-order valence-electron chi connectivity index (χ4n) is 4.73. The highest BCUT2D eigenvalue weighted by Gasteiger charge is 2.60. The number of nitrogens with zero attached hydrogens (tertiary/aromatic N) is 3. The van der Waals surface area contributed by atoms with Crippen LogP contribution >= 0.6 is 0 Å². The van der Waals surface area contributed by atoms with Crippen LogP contribution in [0.1, 0.15) is 39.0 Å². The number of rotatable bonds is 4. The van der Waals surface area contributed by atoms with Gasteiger partial charge in [0, 0.05) is 16.1 Å². The molecule has 1 saturated heterocycles. The van der Waals surface area contributed by atoms with Crippen LogP contribution in [-0.4, -0.2) is 34.0 Å². The minimum Gasteiger partial charge on any atom is -0.292 e. The Kier molecular flexibility index (Phi) is 4.39. The molecule has 0 spiro atoms. The molecule has 0 N–H and O–H groups in total. The molecule has 0 aromatic heterocycles. The summed E-state index contributed by atoms with van der Waals surface area (Å²) in [6.07, 6.45) is 1.70. The van der Waals surface area contributed by atoms with Gasteiger partial charge in [-0.1, -0.05) is 84.9 Å². The highest BCUT2D eigenvalue weighted by molar-refractivity contribution is 6.01. The number of benzene rings is 3. The maximum absolute atomic E-state index is 13.6. The zero-order chi connectivity index (χ0) is 20.7. The molecular weight excluding hydrogens is 378 g/mol. The van der Waals surface area contributed by atoms with E-state index in [1.54, 1.807) is 35.5 Å². The van der Waals surface area contributed by atoms with Gasteiger partial charge in [-0.3, -0.25) is 19.9 Å². The SMILES string of the molecule is O=C(c1ccccc1)[C@H]1[C@H](c2ccccc2)[C@@H]([N+](=O)[O-])[C@H]2c3ccccc3C=NN21. The lowest BCUT2D eigenvalue weighted by atomic mass is 9.82. The Bertz CT molecular complexity index is 1130. The van der Waals surface area contributed by atoms with Crippen molar-refractivity contribution in [3.05, 3.63) is 117 Å². The molecule has 4 atom stereocenters. The predicted molar refractivity (Wildman–Crippen MR) is 113 cm³/mol. The number of nitro groups is 1. The molecule has 5 rings (SSSR count). The van der Waals surface area contributed by atoms with Gasteiger partial charge in [-0.25, -0.2) is 0 Å². The molecule has 2 aliphatic heterocycles. The van der Waals surface area contributed by atoms with Gasteiger partial charge in [0.15, 0.2) is 5.78 Å². The Morgan fingerprint density at radius 2 is 1.53 bits per heavy atom. The first-order valence-corrected chi connectivity index (χ1v) is 9.86. The lowest BCUT2D eigenvalue weighted by molar-refractivity contribution is -0.529. The van der Waals surface area contributed by atoms with Crippen LogP contribution in [0.3, 0.4) is 0 Å². The van der Waals surface area contributed by atoms with Crippen LogP contribution in [0.25, 0.3) is 0 Å². The first kappa shape index (κ1) is 18.2. The molecule has 6 nitrogen and oxygen atoms in total. The van der Waals surface area contributed by atoms with Crippen molar-refractivity contribution in [3.8, 4) is 0 Å². The molecule has 2 heterocycles. The molecule has 148 valence electrons. The predicted octanol–water partition coefficient (Wildman–Crippen LogP) is 4.07. The smallest absolute Gasteiger partial charge is 0.248 e. The highest BCUT2D eigenvalue weighted by atomic mass is 16.6. The maximum Gasteiger partial charge on any atom is 0.248 e. The van der Waals surface area contributed by atoms with Crippen molar-refractivity contribution < 1.29 is 9.72 Å². The number of hydrogen-bond acceptors (Lipinski definition) is 5. The Labute approximate surface area is 173 Å². The number of hydrazone groups is 1. The molecular formula is C24H19N3O3. The van der Waals surface area contributed by atoms with E-state index in [0.29, 0.717) is 5.56 Å². The van der Waals surface area contributed by atoms with Crippen LogP contribution in [0, 0.1) is 10.1 Å². The van der Waals surface area contributed by atoms with Crippen molar-refractivity contribution in [1.82, 2.24) is 5.01 Å². The Morgan fingerprint density at radius 1 is 0.900 bits per heavy atom. The Morgan fingerprint density at radius 3 is 2.23 bits per heavy atom. The molecule has 0 unspecified atom stereocenters. The molecule has 0 radical (unpaired) electrons. The molecule has 3 aromatic carbocycles. The second-order valence-electron chi connectivity index (χ2n) is 7.59. The number of carbonyl (C=O) groups excluding carboxylic acids is 1. The van der Waals surface area contributed by atoms with E-state index in [1.807, 2.05) is 60.7 Å². The van der Waals surface area contributed by atoms with Gasteiger partial charge in [-0.05, 0) is 11.1 Å². The van der Waals surface area contributed by atoms with Gasteiger partial charge in [0.25, 0.3) is 0 Å². The van der Waals surface area contributed by atoms with Crippen LogP contribution in [0.2, 0.25) is 0 Å². The number of hydrogen-bond donors (Lipinski definition) is 0. The first-order valence-electron chi connectivity index (χ1n) is 9.86. The van der Waals surface area contributed by atoms with Crippen molar-refractivity contribution in [2.75, 3.05) is 0 Å². The summed E-state index contributed by atoms with van der Waals surface area (Å²) < 4.78 is 0. The summed E-state index contributed by atoms with van der Waals surface area (Å²) in [4.78, 5) is 25.8. The van der Waals surface area contributed by atoms with Crippen molar-refractivity contribution in [3.63, 3.8) is 0 Å². The van der Waals surface area contributed by atoms with Crippen molar-refractivity contribution in [2.24, 2.45) is 5.10 Å². The lowest BCUT2D eigenvalue weighted by Gasteiger charge is -2.30. The summed E-state index contributed by atoms with van der Waals surface area (Å²) in [5.41, 5.74) is 2.99. The van der Waals surface area contributed by atoms with E-state index in [-0.39, 0.29) is 10.7 Å². The quantitative estimate of drug-likeness (QED) is 0.378. The van der Waals surface area contributed by atoms with Crippen LogP contribution in [0.5, 0.6) is 0 Å². The van der Waals surface area contributed by atoms with Crippen LogP contribution < -0.4 is 0 Å². The largest absolute Gasteiger partial charge is 0.292 e. The van der Waals surface area contributed by atoms with Gasteiger partial charge in [0.05, 0.1) is 12.1 Å². The highest BCUT2D eigenvalue weighted by Crippen LogP contribution is 2.49. The fraction of sp³-hybridized carbons (Fsp3) is 0.167. The fourth-order valence-corrected chi connectivity index (χ4v) is 4.73. The minimum absolute atomic E-state index is 0.157. The molecule has 3 aromatic rings. The zero-order valence-electron chi connectivity index (χ0n) is 16.0. The second kappa shape index (κ2) is 7.22. The van der Waals surface area contributed by atoms with Gasteiger partial charge < -0.3 is 0 Å². The summed E-state index contributed by atoms with van der Waals surface area (Å²) >= 11 is 0. The average Bonchev–Trinajstić information content (AvgIpc) is 3.16. The van der Waals surface area contributed by atoms with Crippen molar-refractivity contribution in [2.45, 2.75) is 24.0 Å². The Hall–Kier alpha value is -3.80. The third-order valence-electron chi connectivity index (χ3n) is 6.00. The number of fused-ring (bicyclic) bond motifs is 3. The van der Waals surface area contributed by atoms with Crippen LogP contribution in [-0.2, 0) is 0 Å². The second-order valence-corrected chi connectivity index (χ2v) is 7.59. The molecule has 30 heavy (non-hydrogen) atoms. The van der Waals surface area contributed by atoms with Crippen LogP contribution in [0.4, 0.5) is 0 Å². The van der Waals surface area contributed by atoms with E-state index < -0.39 is 24.0 Å². The average molecular weight is 397 g/mol. The number of Topliss-reactive ketones (excluding diaryl/α,β-unsaturated/α-hetero) is 1. The maximum atomic E-state index is 13.6. The molecule has 6 heteroatoms. The molecule has 0 aliphatic carbocycles. The topological polar surface area (TPSA) is 75.8 Å². The molecule has 0 saturated carbocycles. The minimum atomic E-state index is -0.997. The van der Waals surface area contributed by atoms with Crippen molar-refractivity contribution in [1.29, 1.82) is 0 Å². The van der Waals surface area contributed by atoms with E-state index in [1.165, 1.54) is 0 Å². The van der Waals surface area contributed by atoms with E-state index in [0.717, 1.165) is 16.7 Å². The molecule has 0 bridgehead atoms. The number of ketones is 1. The van der Waals surface area contributed by atoms with E-state index >= 15 is 0 Å². The summed E-state index contributed by atoms with van der Waals surface area (Å²) in [5, 5.41) is 18.6. The summed E-state index contributed by atoms with van der Waals surface area (Å²) in [5.74, 6) is -0.780. The number of carbonyl (C=O) groups is 1. The van der Waals surface area contributed by atoms with Crippen LogP contribution in [0.15, 0.2) is 90.0 Å². The van der Waals surface area contributed by atoms with Gasteiger partial charge in [0.1, 0.15) is 12.1 Å². The summed E-state index contributed by atoms with van der Waals surface area (Å²) in [7, 11) is 0. The monoisotopic (exact) mass is 397 g/mol. The molecule has 1 fully saturated rings. The van der Waals surface area contributed by atoms with E-state index in [9.17, 15) is 14.9 Å². The third kappa shape index (κ3) is 2.80. The molecule has 0 amide bonds. The lowest BCUT2D eigenvalue weighted by Crippen LogP contribution is -2.38. The van der Waals surface area contributed by atoms with E-state index in [4.69, 9.17) is 0 Å². The summed E-state index contributed by atoms with van der Waals surface area (Å²) in [6, 6.07) is 23.4. The van der Waals surface area contributed by atoms with E-state index in [2.05, 4.69) is 5.10 Å². The van der Waals surface area contributed by atoms with Gasteiger partial charge in [-0.2, -0.15) is 5.10 Å². The normalized spacial score (nSPS) is 24.2. The first-order chi connectivity index (χ1) is 14.7. The zero-order valence-corrected chi connectivity index (χ0v) is 16.0. The Balaban J connectivity index is 1.71. The van der Waals surface area contributed by atoms with Gasteiger partial charge >= 0.3 is 0 Å². The van der Waals surface area contributed by atoms with Gasteiger partial charge in [0.2, 0.25) is 6.04 Å². The molecule has 2 aliphatic rings. The third-order valence-corrected chi connectivity index (χ3v) is 6.00. The summed E-state index contributed by atoms with van der Waals surface area (Å²) in [6.45, 7) is 0. The standard InChI is InChI=1S/C24H19N3O3/c28-24(17-11-5-2-6-12-17)23-20(16-9-3-1-4-10-16)22(27(29)30)21-19-14-8-7-13-18(19)15-25-26(21)23/h1-15,20-23H/t20-,21-,22-,23-/m1/s1.